The van der Waals surface area contributed by atoms with Crippen LogP contribution in [0.25, 0.3) is 0 Å². The second-order valence-corrected chi connectivity index (χ2v) is 5.21. The Balaban J connectivity index is 1.99. The number of carbonyl (C=O) groups is 1. The second-order valence-electron chi connectivity index (χ2n) is 5.21. The molecule has 0 saturated heterocycles. The highest BCUT2D eigenvalue weighted by atomic mass is 16.2. The van der Waals surface area contributed by atoms with Gasteiger partial charge in [0.05, 0.1) is 12.0 Å². The minimum atomic E-state index is 0.0789. The van der Waals surface area contributed by atoms with Crippen LogP contribution in [0.2, 0.25) is 0 Å². The molecule has 3 rings (SSSR count). The summed E-state index contributed by atoms with van der Waals surface area (Å²) in [5.41, 5.74) is 0. The molecule has 0 aromatic rings. The fraction of sp³-hybridized carbons (Fsp3) is 0.353. The van der Waals surface area contributed by atoms with E-state index in [1.807, 2.05) is 23.1 Å². The zero-order valence-electron chi connectivity index (χ0n) is 11.0. The van der Waals surface area contributed by atoms with Crippen LogP contribution < -0.4 is 0 Å². The maximum absolute atomic E-state index is 12.0. The zero-order valence-corrected chi connectivity index (χ0v) is 11.0. The summed E-state index contributed by atoms with van der Waals surface area (Å²) in [7, 11) is 0. The third-order valence-electron chi connectivity index (χ3n) is 3.94. The number of fused-ring (bicyclic) bond motifs is 2. The minimum Gasteiger partial charge on any atom is -0.334 e. The maximum atomic E-state index is 12.0. The Labute approximate surface area is 114 Å². The summed E-state index contributed by atoms with van der Waals surface area (Å²) < 4.78 is 0. The predicted octanol–water partition coefficient (Wildman–Crippen LogP) is 2.32. The van der Waals surface area contributed by atoms with Crippen LogP contribution in [-0.2, 0) is 4.79 Å². The van der Waals surface area contributed by atoms with Gasteiger partial charge in [-0.15, -0.1) is 0 Å². The molecule has 4 unspecified atom stereocenters. The molecule has 0 N–H and O–H groups in total. The fourth-order valence-corrected chi connectivity index (χ4v) is 2.89. The van der Waals surface area contributed by atoms with Crippen LogP contribution in [0.5, 0.6) is 0 Å². The van der Waals surface area contributed by atoms with Gasteiger partial charge in [-0.1, -0.05) is 60.4 Å². The topological polar surface area (TPSA) is 20.3 Å². The van der Waals surface area contributed by atoms with Crippen LogP contribution in [0.3, 0.4) is 0 Å². The first-order chi connectivity index (χ1) is 9.25. The largest absolute Gasteiger partial charge is 0.334 e. The van der Waals surface area contributed by atoms with Gasteiger partial charge in [0.25, 0.3) is 0 Å². The lowest BCUT2D eigenvalue weighted by atomic mass is 9.83. The van der Waals surface area contributed by atoms with Crippen molar-refractivity contribution in [1.29, 1.82) is 0 Å². The van der Waals surface area contributed by atoms with Gasteiger partial charge >= 0.3 is 0 Å². The summed E-state index contributed by atoms with van der Waals surface area (Å²) >= 11 is 0. The molecule has 96 valence electrons. The van der Waals surface area contributed by atoms with E-state index in [1.54, 1.807) is 6.92 Å². The number of rotatable bonds is 0. The highest BCUT2D eigenvalue weighted by molar-refractivity contribution is 5.74. The smallest absolute Gasteiger partial charge is 0.220 e. The molecule has 2 aliphatic carbocycles. The van der Waals surface area contributed by atoms with Crippen LogP contribution in [0.1, 0.15) is 6.92 Å². The monoisotopic (exact) mass is 251 g/mol. The van der Waals surface area contributed by atoms with Gasteiger partial charge in [-0.2, -0.15) is 0 Å². The van der Waals surface area contributed by atoms with Crippen LogP contribution >= 0.6 is 0 Å². The van der Waals surface area contributed by atoms with Gasteiger partial charge in [0, 0.05) is 25.3 Å². The van der Waals surface area contributed by atoms with E-state index in [9.17, 15) is 4.79 Å². The van der Waals surface area contributed by atoms with E-state index in [0.717, 1.165) is 6.54 Å². The van der Waals surface area contributed by atoms with E-state index in [2.05, 4.69) is 42.2 Å². The Bertz CT molecular complexity index is 556. The van der Waals surface area contributed by atoms with E-state index in [0.29, 0.717) is 5.92 Å². The van der Waals surface area contributed by atoms with E-state index >= 15 is 0 Å². The van der Waals surface area contributed by atoms with E-state index < -0.39 is 0 Å². The van der Waals surface area contributed by atoms with Gasteiger partial charge in [-0.25, -0.2) is 0 Å². The normalized spacial score (nSPS) is 34.7. The maximum Gasteiger partial charge on any atom is 0.220 e. The van der Waals surface area contributed by atoms with Crippen LogP contribution in [0.4, 0.5) is 0 Å². The molecule has 19 heavy (non-hydrogen) atoms. The summed E-state index contributed by atoms with van der Waals surface area (Å²) in [6.45, 7) is 2.39. The Morgan fingerprint density at radius 3 is 2.42 bits per heavy atom. The molecule has 4 atom stereocenters. The Hall–Kier alpha value is -2.01. The van der Waals surface area contributed by atoms with Gasteiger partial charge < -0.3 is 4.90 Å². The standard InChI is InChI=1S/C17H17NO/c1-13(19)18-12-16-8-3-2-6-14(16)10-11-15-7-4-5-9-17(15)18/h2-9,14-17H,12H2,1H3. The summed E-state index contributed by atoms with van der Waals surface area (Å²) in [5, 5.41) is 0. The van der Waals surface area contributed by atoms with Crippen molar-refractivity contribution in [3.05, 3.63) is 48.6 Å². The first-order valence-corrected chi connectivity index (χ1v) is 6.74. The molecular weight excluding hydrogens is 234 g/mol. The lowest BCUT2D eigenvalue weighted by Crippen LogP contribution is -2.46. The molecule has 0 saturated carbocycles. The summed E-state index contributed by atoms with van der Waals surface area (Å²) in [5.74, 6) is 7.49. The van der Waals surface area contributed by atoms with Gasteiger partial charge in [-0.05, 0) is 0 Å². The third kappa shape index (κ3) is 2.29. The van der Waals surface area contributed by atoms with Gasteiger partial charge in [-0.3, -0.25) is 4.79 Å². The fourth-order valence-electron chi connectivity index (χ4n) is 2.89. The van der Waals surface area contributed by atoms with Crippen LogP contribution in [-0.4, -0.2) is 23.4 Å². The SMILES string of the molecule is CC(=O)N1CC2C=CC=CC2C#CC2C=CC=CC21. The summed E-state index contributed by atoms with van der Waals surface area (Å²) in [4.78, 5) is 13.9. The Morgan fingerprint density at radius 2 is 1.63 bits per heavy atom. The van der Waals surface area contributed by atoms with Crippen molar-refractivity contribution in [2.45, 2.75) is 13.0 Å². The number of hydrogen-bond acceptors (Lipinski definition) is 1. The lowest BCUT2D eigenvalue weighted by Gasteiger charge is -2.37. The number of amides is 1. The van der Waals surface area contributed by atoms with E-state index in [-0.39, 0.29) is 23.8 Å². The van der Waals surface area contributed by atoms with Crippen molar-refractivity contribution in [2.75, 3.05) is 6.54 Å². The van der Waals surface area contributed by atoms with Crippen LogP contribution in [0.15, 0.2) is 48.6 Å². The van der Waals surface area contributed by atoms with Crippen molar-refractivity contribution in [1.82, 2.24) is 4.90 Å². The van der Waals surface area contributed by atoms with Crippen molar-refractivity contribution in [3.63, 3.8) is 0 Å². The van der Waals surface area contributed by atoms with Gasteiger partial charge in [0.15, 0.2) is 0 Å². The molecule has 2 heteroatoms. The molecule has 0 radical (unpaired) electrons. The van der Waals surface area contributed by atoms with Gasteiger partial charge in [0.1, 0.15) is 0 Å². The first-order valence-electron chi connectivity index (χ1n) is 6.74. The predicted molar refractivity (Wildman–Crippen MR) is 76.0 cm³/mol. The average molecular weight is 251 g/mol. The quantitative estimate of drug-likeness (QED) is 0.605. The highest BCUT2D eigenvalue weighted by Gasteiger charge is 2.31. The van der Waals surface area contributed by atoms with E-state index in [1.165, 1.54) is 0 Å². The molecule has 1 amide bonds. The summed E-state index contributed by atoms with van der Waals surface area (Å²) in [6, 6.07) is 0.0789. The number of carbonyl (C=O) groups excluding carboxylic acids is 1. The van der Waals surface area contributed by atoms with Crippen molar-refractivity contribution >= 4 is 5.91 Å². The lowest BCUT2D eigenvalue weighted by molar-refractivity contribution is -0.131. The molecule has 0 aromatic heterocycles. The zero-order chi connectivity index (χ0) is 13.2. The molecule has 3 aliphatic rings. The Kier molecular flexibility index (Phi) is 3.13. The number of hydrogen-bond donors (Lipinski definition) is 0. The molecule has 0 fully saturated rings. The third-order valence-corrected chi connectivity index (χ3v) is 3.94. The number of nitrogens with zero attached hydrogens (tertiary/aromatic N) is 1. The van der Waals surface area contributed by atoms with Crippen LogP contribution in [0, 0.1) is 29.6 Å². The van der Waals surface area contributed by atoms with Crippen molar-refractivity contribution in [2.24, 2.45) is 17.8 Å². The minimum absolute atomic E-state index is 0.0789. The average Bonchev–Trinajstić information content (AvgIpc) is 2.41. The first kappa shape index (κ1) is 12.0. The molecule has 0 spiro atoms. The van der Waals surface area contributed by atoms with Gasteiger partial charge in [0.2, 0.25) is 5.91 Å². The summed E-state index contributed by atoms with van der Waals surface area (Å²) in [6.07, 6.45) is 16.6. The molecule has 2 nitrogen and oxygen atoms in total. The van der Waals surface area contributed by atoms with Crippen molar-refractivity contribution in [3.8, 4) is 11.8 Å². The molecular formula is C17H17NO. The van der Waals surface area contributed by atoms with E-state index in [4.69, 9.17) is 0 Å². The molecule has 1 aliphatic heterocycles. The second kappa shape index (κ2) is 4.93. The molecule has 0 aromatic carbocycles. The number of allylic oxidation sites excluding steroid dienone is 5. The molecule has 0 bridgehead atoms. The van der Waals surface area contributed by atoms with Crippen molar-refractivity contribution < 1.29 is 4.79 Å². The highest BCUT2D eigenvalue weighted by Crippen LogP contribution is 2.27. The molecule has 1 heterocycles. The Morgan fingerprint density at radius 1 is 1.00 bits per heavy atom.